The van der Waals surface area contributed by atoms with Crippen LogP contribution in [0.5, 0.6) is 0 Å². The summed E-state index contributed by atoms with van der Waals surface area (Å²) in [6, 6.07) is 0. The molecule has 0 aromatic rings. The zero-order chi connectivity index (χ0) is 9.47. The van der Waals surface area contributed by atoms with Crippen LogP contribution in [-0.4, -0.2) is 18.0 Å². The van der Waals surface area contributed by atoms with E-state index in [1.807, 2.05) is 6.42 Å². The minimum Gasteiger partial charge on any atom is -0.478 e. The largest absolute Gasteiger partial charge is 0.478 e. The molecule has 69 valence electrons. The summed E-state index contributed by atoms with van der Waals surface area (Å²) in [5, 5.41) is 0. The first-order valence-corrected chi connectivity index (χ1v) is 4.54. The first-order chi connectivity index (χ1) is 6.08. The van der Waals surface area contributed by atoms with Crippen molar-refractivity contribution in [2.24, 2.45) is 4.99 Å². The third-order valence-electron chi connectivity index (χ3n) is 2.23. The smallest absolute Gasteiger partial charge is 0.192 e. The van der Waals surface area contributed by atoms with Crippen molar-refractivity contribution < 1.29 is 4.74 Å². The third kappa shape index (κ3) is 1.72. The van der Waals surface area contributed by atoms with E-state index < -0.39 is 0 Å². The molecule has 0 atom stereocenters. The lowest BCUT2D eigenvalue weighted by atomic mass is 9.98. The first-order valence-electron chi connectivity index (χ1n) is 4.54. The van der Waals surface area contributed by atoms with E-state index in [9.17, 15) is 0 Å². The van der Waals surface area contributed by atoms with Crippen molar-refractivity contribution in [1.29, 1.82) is 0 Å². The second kappa shape index (κ2) is 3.00. The third-order valence-corrected chi connectivity index (χ3v) is 2.23. The molecule has 1 aliphatic heterocycles. The normalized spacial score (nSPS) is 29.0. The van der Waals surface area contributed by atoms with Crippen molar-refractivity contribution in [3.63, 3.8) is 0 Å². The molecule has 1 heterocycles. The zero-order valence-corrected chi connectivity index (χ0v) is 8.29. The van der Waals surface area contributed by atoms with Crippen LogP contribution >= 0.6 is 0 Å². The standard InChI is InChI=1S/C11H14NO/c1-8-5-4-6-9(8)10-12-11(2,3)7-13-10/h4-6H,7H2,1-3H3. The predicted molar refractivity (Wildman–Crippen MR) is 52.5 cm³/mol. The summed E-state index contributed by atoms with van der Waals surface area (Å²) in [5.74, 6) is 3.16. The maximum atomic E-state index is 5.54. The van der Waals surface area contributed by atoms with E-state index in [1.54, 1.807) is 0 Å². The Morgan fingerprint density at radius 3 is 2.62 bits per heavy atom. The Morgan fingerprint density at radius 2 is 2.15 bits per heavy atom. The Balaban J connectivity index is 2.09. The highest BCUT2D eigenvalue weighted by molar-refractivity contribution is 5.98. The molecule has 5 radical (unpaired) electrons. The number of hydrogen-bond acceptors (Lipinski definition) is 2. The van der Waals surface area contributed by atoms with Gasteiger partial charge < -0.3 is 4.74 Å². The second-order valence-corrected chi connectivity index (χ2v) is 4.14. The molecule has 2 aliphatic rings. The Labute approximate surface area is 80.4 Å². The second-order valence-electron chi connectivity index (χ2n) is 4.14. The summed E-state index contributed by atoms with van der Waals surface area (Å²) >= 11 is 0. The molecule has 0 spiro atoms. The molecule has 0 aromatic heterocycles. The Hall–Kier alpha value is -0.530. The number of hydrogen-bond donors (Lipinski definition) is 0. The van der Waals surface area contributed by atoms with Crippen molar-refractivity contribution in [3.8, 4) is 0 Å². The summed E-state index contributed by atoms with van der Waals surface area (Å²) in [4.78, 5) is 4.52. The van der Waals surface area contributed by atoms with E-state index in [2.05, 4.69) is 38.6 Å². The number of rotatable bonds is 1. The number of aliphatic imine (C=N–C) groups is 1. The van der Waals surface area contributed by atoms with Crippen molar-refractivity contribution in [1.82, 2.24) is 0 Å². The van der Waals surface area contributed by atoms with E-state index in [-0.39, 0.29) is 5.54 Å². The van der Waals surface area contributed by atoms with Gasteiger partial charge in [-0.3, -0.25) is 0 Å². The SMILES string of the molecule is C[C]1[CH][CH][CH][C]1C1=NC(C)(C)CO1. The van der Waals surface area contributed by atoms with Crippen LogP contribution in [0, 0.1) is 31.1 Å². The van der Waals surface area contributed by atoms with Crippen LogP contribution in [0.2, 0.25) is 0 Å². The topological polar surface area (TPSA) is 21.6 Å². The molecule has 2 heteroatoms. The minimum atomic E-state index is -0.0565. The molecular weight excluding hydrogens is 162 g/mol. The van der Waals surface area contributed by atoms with Crippen LogP contribution in [0.25, 0.3) is 0 Å². The summed E-state index contributed by atoms with van der Waals surface area (Å²) in [6.45, 7) is 6.93. The average molecular weight is 176 g/mol. The highest BCUT2D eigenvalue weighted by atomic mass is 16.5. The van der Waals surface area contributed by atoms with E-state index in [0.29, 0.717) is 6.61 Å². The van der Waals surface area contributed by atoms with Crippen LogP contribution in [0.3, 0.4) is 0 Å². The summed E-state index contributed by atoms with van der Waals surface area (Å²) in [6.07, 6.45) is 6.16. The maximum Gasteiger partial charge on any atom is 0.192 e. The van der Waals surface area contributed by atoms with Gasteiger partial charge in [-0.2, -0.15) is 0 Å². The van der Waals surface area contributed by atoms with Crippen LogP contribution in [0.1, 0.15) is 20.8 Å². The van der Waals surface area contributed by atoms with Crippen LogP contribution < -0.4 is 0 Å². The maximum absolute atomic E-state index is 5.54. The molecule has 2 rings (SSSR count). The molecule has 0 aromatic carbocycles. The molecule has 1 aliphatic carbocycles. The lowest BCUT2D eigenvalue weighted by molar-refractivity contribution is 0.277. The molecule has 0 bridgehead atoms. The molecule has 2 nitrogen and oxygen atoms in total. The zero-order valence-electron chi connectivity index (χ0n) is 8.29. The van der Waals surface area contributed by atoms with Gasteiger partial charge in [0.2, 0.25) is 0 Å². The van der Waals surface area contributed by atoms with Gasteiger partial charge in [0.05, 0.1) is 11.5 Å². The Morgan fingerprint density at radius 1 is 1.38 bits per heavy atom. The fraction of sp³-hybridized carbons (Fsp3) is 0.455. The Bertz CT molecular complexity index is 232. The molecule has 0 saturated heterocycles. The summed E-state index contributed by atoms with van der Waals surface area (Å²) in [5.41, 5.74) is -0.0565. The minimum absolute atomic E-state index is 0.0565. The first kappa shape index (κ1) is 9.04. The van der Waals surface area contributed by atoms with E-state index in [0.717, 1.165) is 11.8 Å². The number of nitrogens with zero attached hydrogens (tertiary/aromatic N) is 1. The van der Waals surface area contributed by atoms with Gasteiger partial charge >= 0.3 is 0 Å². The van der Waals surface area contributed by atoms with Gasteiger partial charge in [0.15, 0.2) is 5.90 Å². The molecule has 13 heavy (non-hydrogen) atoms. The van der Waals surface area contributed by atoms with Crippen LogP contribution in [-0.2, 0) is 4.74 Å². The lowest BCUT2D eigenvalue weighted by Crippen LogP contribution is -2.17. The van der Waals surface area contributed by atoms with Gasteiger partial charge in [0.1, 0.15) is 6.61 Å². The molecule has 1 fully saturated rings. The lowest BCUT2D eigenvalue weighted by Gasteiger charge is -2.11. The number of ether oxygens (including phenoxy) is 1. The van der Waals surface area contributed by atoms with Gasteiger partial charge in [-0.25, -0.2) is 4.99 Å². The average Bonchev–Trinajstić information content (AvgIpc) is 2.56. The van der Waals surface area contributed by atoms with E-state index in [1.165, 1.54) is 5.92 Å². The van der Waals surface area contributed by atoms with Crippen molar-refractivity contribution >= 4 is 5.90 Å². The fourth-order valence-corrected chi connectivity index (χ4v) is 1.47. The molecule has 0 N–H and O–H groups in total. The van der Waals surface area contributed by atoms with Gasteiger partial charge in [-0.15, -0.1) is 0 Å². The van der Waals surface area contributed by atoms with Crippen molar-refractivity contribution in [3.05, 3.63) is 31.1 Å². The highest BCUT2D eigenvalue weighted by Gasteiger charge is 2.36. The van der Waals surface area contributed by atoms with Crippen molar-refractivity contribution in [2.75, 3.05) is 6.61 Å². The van der Waals surface area contributed by atoms with Gasteiger partial charge in [0, 0.05) is 0 Å². The Kier molecular flexibility index (Phi) is 2.09. The van der Waals surface area contributed by atoms with E-state index >= 15 is 0 Å². The van der Waals surface area contributed by atoms with Crippen LogP contribution in [0.4, 0.5) is 0 Å². The quantitative estimate of drug-likeness (QED) is 0.598. The highest BCUT2D eigenvalue weighted by Crippen LogP contribution is 2.36. The van der Waals surface area contributed by atoms with Gasteiger partial charge in [-0.05, 0) is 39.0 Å². The summed E-state index contributed by atoms with van der Waals surface area (Å²) < 4.78 is 5.54. The molecule has 0 amide bonds. The van der Waals surface area contributed by atoms with Gasteiger partial charge in [-0.1, -0.05) is 6.92 Å². The summed E-state index contributed by atoms with van der Waals surface area (Å²) in [7, 11) is 0. The van der Waals surface area contributed by atoms with Gasteiger partial charge in [0.25, 0.3) is 0 Å². The monoisotopic (exact) mass is 176 g/mol. The van der Waals surface area contributed by atoms with Crippen molar-refractivity contribution in [2.45, 2.75) is 26.3 Å². The molecule has 0 unspecified atom stereocenters. The predicted octanol–water partition coefficient (Wildman–Crippen LogP) is 1.99. The van der Waals surface area contributed by atoms with Crippen LogP contribution in [0.15, 0.2) is 4.99 Å². The molecule has 1 saturated carbocycles. The fourth-order valence-electron chi connectivity index (χ4n) is 1.47. The molecular formula is C11H14NO. The van der Waals surface area contributed by atoms with E-state index in [4.69, 9.17) is 4.74 Å².